The lowest BCUT2D eigenvalue weighted by Crippen LogP contribution is -2.48. The van der Waals surface area contributed by atoms with Crippen molar-refractivity contribution in [1.82, 2.24) is 49.9 Å². The van der Waals surface area contributed by atoms with Crippen molar-refractivity contribution in [1.29, 1.82) is 0 Å². The Hall–Kier alpha value is -6.14. The second-order valence-corrected chi connectivity index (χ2v) is 19.6. The van der Waals surface area contributed by atoms with Gasteiger partial charge in [-0.15, -0.1) is 20.4 Å². The summed E-state index contributed by atoms with van der Waals surface area (Å²) in [6, 6.07) is 19.7. The standard InChI is InChI=1S/2C24H28ClN7O2/c2*1-33-21-11-18(12-26-29-21)31-13-15-7-8-16(14-31)22(15)27-24-28-23-20(6-3-9-32(23)30-24)34-19-5-2-4-17(25)10-19/h2*2,4-5,10-12,15-16,20,22H,3,6-9,13-14H2,1H3,(H,27,30)/t2*15-,16+,20-,22?/m10/s1. The second-order valence-electron chi connectivity index (χ2n) is 18.7. The third-order valence-electron chi connectivity index (χ3n) is 14.4. The van der Waals surface area contributed by atoms with E-state index in [1.54, 1.807) is 14.2 Å². The highest BCUT2D eigenvalue weighted by atomic mass is 35.5. The van der Waals surface area contributed by atoms with Gasteiger partial charge in [-0.25, -0.2) is 9.36 Å². The molecular formula is C48H56Cl2N14O4. The molecule has 2 aliphatic carbocycles. The molecule has 6 aromatic rings. The largest absolute Gasteiger partial charge is 0.482 e. The third kappa shape index (κ3) is 9.49. The molecule has 2 N–H and O–H groups in total. The highest BCUT2D eigenvalue weighted by Crippen LogP contribution is 2.42. The van der Waals surface area contributed by atoms with E-state index in [1.807, 2.05) is 82.4 Å². The van der Waals surface area contributed by atoms with E-state index in [4.69, 9.17) is 62.3 Å². The van der Waals surface area contributed by atoms with Gasteiger partial charge in [0.2, 0.25) is 23.7 Å². The first-order chi connectivity index (χ1) is 33.3. The number of aryl methyl sites for hydroxylation is 2. The molecule has 12 rings (SSSR count). The van der Waals surface area contributed by atoms with Crippen molar-refractivity contribution in [3.05, 3.63) is 94.8 Å². The molecule has 20 heteroatoms. The molecule has 6 aliphatic rings. The van der Waals surface area contributed by atoms with Gasteiger partial charge in [0.1, 0.15) is 11.5 Å². The number of halogens is 2. The fourth-order valence-electron chi connectivity index (χ4n) is 11.2. The summed E-state index contributed by atoms with van der Waals surface area (Å²) in [5, 5.41) is 34.5. The number of benzene rings is 2. The molecule has 4 bridgehead atoms. The Morgan fingerprint density at radius 1 is 0.559 bits per heavy atom. The third-order valence-corrected chi connectivity index (χ3v) is 14.9. The summed E-state index contributed by atoms with van der Waals surface area (Å²) in [5.74, 6) is 7.90. The highest BCUT2D eigenvalue weighted by molar-refractivity contribution is 6.31. The zero-order valence-electron chi connectivity index (χ0n) is 38.2. The van der Waals surface area contributed by atoms with Crippen LogP contribution in [0.3, 0.4) is 0 Å². The fraction of sp³-hybridized carbons (Fsp3) is 0.500. The maximum absolute atomic E-state index is 6.24. The molecule has 2 saturated heterocycles. The zero-order chi connectivity index (χ0) is 46.1. The molecule has 8 heterocycles. The van der Waals surface area contributed by atoms with Crippen LogP contribution in [0.5, 0.6) is 23.3 Å². The van der Waals surface area contributed by atoms with E-state index < -0.39 is 0 Å². The molecule has 0 spiro atoms. The Bertz CT molecular complexity index is 2500. The van der Waals surface area contributed by atoms with Crippen molar-refractivity contribution in [3.8, 4) is 23.3 Å². The molecule has 356 valence electrons. The predicted octanol–water partition coefficient (Wildman–Crippen LogP) is 7.94. The molecular weight excluding hydrogens is 908 g/mol. The van der Waals surface area contributed by atoms with E-state index in [0.29, 0.717) is 69.5 Å². The van der Waals surface area contributed by atoms with Crippen LogP contribution in [-0.2, 0) is 13.1 Å². The first-order valence-electron chi connectivity index (χ1n) is 23.8. The molecule has 4 fully saturated rings. The molecule has 4 aromatic heterocycles. The molecule has 2 saturated carbocycles. The number of nitrogens with zero attached hydrogens (tertiary/aromatic N) is 12. The average molecular weight is 964 g/mol. The number of fused-ring (bicyclic) bond motifs is 6. The molecule has 0 radical (unpaired) electrons. The normalized spacial score (nSPS) is 25.6. The summed E-state index contributed by atoms with van der Waals surface area (Å²) in [5.41, 5.74) is 2.14. The van der Waals surface area contributed by atoms with Crippen molar-refractivity contribution >= 4 is 46.5 Å². The average Bonchev–Trinajstić information content (AvgIpc) is 4.08. The van der Waals surface area contributed by atoms with Gasteiger partial charge in [-0.2, -0.15) is 20.2 Å². The molecule has 2 unspecified atom stereocenters. The van der Waals surface area contributed by atoms with Crippen LogP contribution in [0.2, 0.25) is 10.0 Å². The van der Waals surface area contributed by atoms with Crippen LogP contribution in [0.25, 0.3) is 0 Å². The summed E-state index contributed by atoms with van der Waals surface area (Å²) >= 11 is 12.3. The number of methoxy groups -OCH3 is 2. The van der Waals surface area contributed by atoms with E-state index >= 15 is 0 Å². The number of hydrogen-bond acceptors (Lipinski definition) is 16. The first-order valence-corrected chi connectivity index (χ1v) is 24.6. The van der Waals surface area contributed by atoms with Gasteiger partial charge >= 0.3 is 0 Å². The molecule has 18 nitrogen and oxygen atoms in total. The maximum atomic E-state index is 6.24. The van der Waals surface area contributed by atoms with E-state index in [0.717, 1.165) is 99.5 Å². The summed E-state index contributed by atoms with van der Waals surface area (Å²) in [4.78, 5) is 14.6. The Morgan fingerprint density at radius 2 is 0.985 bits per heavy atom. The van der Waals surface area contributed by atoms with Gasteiger partial charge in [0.05, 0.1) is 38.0 Å². The van der Waals surface area contributed by atoms with Crippen molar-refractivity contribution in [2.45, 2.75) is 88.7 Å². The topological polar surface area (TPSA) is 180 Å². The van der Waals surface area contributed by atoms with Gasteiger partial charge in [-0.1, -0.05) is 35.3 Å². The Labute approximate surface area is 405 Å². The van der Waals surface area contributed by atoms with Crippen LogP contribution in [0.4, 0.5) is 23.3 Å². The summed E-state index contributed by atoms with van der Waals surface area (Å²) in [6.07, 6.45) is 12.0. The van der Waals surface area contributed by atoms with Gasteiger partial charge in [0.25, 0.3) is 0 Å². The Morgan fingerprint density at radius 3 is 1.38 bits per heavy atom. The quantitative estimate of drug-likeness (QED) is 0.121. The van der Waals surface area contributed by atoms with Crippen LogP contribution in [0.1, 0.15) is 75.2 Å². The highest BCUT2D eigenvalue weighted by Gasteiger charge is 2.44. The molecule has 68 heavy (non-hydrogen) atoms. The van der Waals surface area contributed by atoms with Crippen molar-refractivity contribution in [2.75, 3.05) is 60.8 Å². The van der Waals surface area contributed by atoms with Crippen LogP contribution in [0, 0.1) is 23.7 Å². The lowest BCUT2D eigenvalue weighted by Gasteiger charge is -2.39. The lowest BCUT2D eigenvalue weighted by molar-refractivity contribution is 0.155. The number of aromatic nitrogens is 10. The van der Waals surface area contributed by atoms with Gasteiger partial charge < -0.3 is 39.4 Å². The van der Waals surface area contributed by atoms with Gasteiger partial charge in [0, 0.05) is 73.5 Å². The minimum absolute atomic E-state index is 0.122. The predicted molar refractivity (Wildman–Crippen MR) is 257 cm³/mol. The van der Waals surface area contributed by atoms with Crippen LogP contribution in [-0.4, -0.2) is 102 Å². The van der Waals surface area contributed by atoms with Crippen molar-refractivity contribution < 1.29 is 18.9 Å². The number of anilines is 4. The fourth-order valence-corrected chi connectivity index (χ4v) is 11.6. The minimum Gasteiger partial charge on any atom is -0.482 e. The summed E-state index contributed by atoms with van der Waals surface area (Å²) < 4.78 is 27.0. The minimum atomic E-state index is -0.122. The van der Waals surface area contributed by atoms with Gasteiger partial charge in [0.15, 0.2) is 23.9 Å². The molecule has 0 amide bonds. The lowest BCUT2D eigenvalue weighted by atomic mass is 9.92. The Kier molecular flexibility index (Phi) is 12.7. The van der Waals surface area contributed by atoms with Crippen molar-refractivity contribution in [2.24, 2.45) is 23.7 Å². The summed E-state index contributed by atoms with van der Waals surface area (Å²) in [6.45, 7) is 5.60. The Balaban J connectivity index is 0.000000149. The number of hydrogen-bond donors (Lipinski definition) is 2. The van der Waals surface area contributed by atoms with E-state index in [-0.39, 0.29) is 12.2 Å². The first kappa shape index (κ1) is 44.4. The van der Waals surface area contributed by atoms with Gasteiger partial charge in [-0.05, 0) is 111 Å². The molecule has 8 atom stereocenters. The smallest absolute Gasteiger partial charge is 0.242 e. The van der Waals surface area contributed by atoms with Crippen LogP contribution < -0.4 is 39.4 Å². The monoisotopic (exact) mass is 962 g/mol. The van der Waals surface area contributed by atoms with E-state index in [1.165, 1.54) is 25.7 Å². The summed E-state index contributed by atoms with van der Waals surface area (Å²) in [7, 11) is 3.24. The number of rotatable bonds is 12. The molecule has 4 aliphatic heterocycles. The van der Waals surface area contributed by atoms with E-state index in [9.17, 15) is 0 Å². The van der Waals surface area contributed by atoms with Crippen molar-refractivity contribution in [3.63, 3.8) is 0 Å². The second kappa shape index (κ2) is 19.5. The maximum Gasteiger partial charge on any atom is 0.242 e. The zero-order valence-corrected chi connectivity index (χ0v) is 39.7. The molecule has 2 aromatic carbocycles. The number of ether oxygens (including phenoxy) is 4. The van der Waals surface area contributed by atoms with Crippen LogP contribution >= 0.6 is 23.2 Å². The van der Waals surface area contributed by atoms with E-state index in [2.05, 4.69) is 40.8 Å². The SMILES string of the molecule is COc1cc(N2C[C@H]3CC[C@@H](C2)C3Nc2nc3n(n2)CCC[C@@H]3Oc2cccc(Cl)c2)cnn1.COc1cc(N2C[C@H]3CC[C@@H](C2)C3Nc2nc3n(n2)CCC[C@H]3Oc2cccc(Cl)c2)cnn1. The number of nitrogens with one attached hydrogen (secondary N) is 2. The number of piperidine rings is 2. The van der Waals surface area contributed by atoms with Crippen LogP contribution in [0.15, 0.2) is 73.1 Å². The van der Waals surface area contributed by atoms with Gasteiger partial charge in [-0.3, -0.25) is 0 Å².